The SMILES string of the molecule is O=C(Cc1csc(-c2ccc(Cl)cc2Cl)n1)N[C@H](C(=O)O)c1ccccc1. The Bertz CT molecular complexity index is 976. The Balaban J connectivity index is 1.71. The highest BCUT2D eigenvalue weighted by Gasteiger charge is 2.22. The van der Waals surface area contributed by atoms with E-state index in [1.165, 1.54) is 11.3 Å². The summed E-state index contributed by atoms with van der Waals surface area (Å²) in [6.07, 6.45) is -0.0294. The molecule has 1 aromatic heterocycles. The second kappa shape index (κ2) is 8.52. The van der Waals surface area contributed by atoms with Crippen LogP contribution in [0.3, 0.4) is 0 Å². The van der Waals surface area contributed by atoms with Crippen molar-refractivity contribution in [2.45, 2.75) is 12.5 Å². The Hall–Kier alpha value is -2.41. The molecule has 0 unspecified atom stereocenters. The maximum atomic E-state index is 12.3. The molecule has 2 aromatic carbocycles. The molecule has 3 aromatic rings. The topological polar surface area (TPSA) is 79.3 Å². The fraction of sp³-hybridized carbons (Fsp3) is 0.105. The number of nitrogens with zero attached hydrogens (tertiary/aromatic N) is 1. The number of carboxylic acid groups (broad SMARTS) is 1. The van der Waals surface area contributed by atoms with E-state index in [1.807, 2.05) is 0 Å². The van der Waals surface area contributed by atoms with Gasteiger partial charge >= 0.3 is 5.97 Å². The summed E-state index contributed by atoms with van der Waals surface area (Å²) in [7, 11) is 0. The zero-order valence-electron chi connectivity index (χ0n) is 13.9. The summed E-state index contributed by atoms with van der Waals surface area (Å²) in [5, 5.41) is 15.3. The normalized spacial score (nSPS) is 11.8. The van der Waals surface area contributed by atoms with Gasteiger partial charge in [-0.05, 0) is 23.8 Å². The van der Waals surface area contributed by atoms with Crippen molar-refractivity contribution in [3.05, 3.63) is 75.2 Å². The van der Waals surface area contributed by atoms with Crippen molar-refractivity contribution in [3.8, 4) is 10.6 Å². The molecular weight excluding hydrogens is 407 g/mol. The molecule has 0 aliphatic heterocycles. The average Bonchev–Trinajstić information content (AvgIpc) is 3.08. The molecular formula is C19H14Cl2N2O3S. The van der Waals surface area contributed by atoms with Gasteiger partial charge in [0.2, 0.25) is 5.91 Å². The molecule has 138 valence electrons. The van der Waals surface area contributed by atoms with Gasteiger partial charge in [0.1, 0.15) is 5.01 Å². The van der Waals surface area contributed by atoms with Gasteiger partial charge in [-0.1, -0.05) is 53.5 Å². The van der Waals surface area contributed by atoms with Gasteiger partial charge in [0.05, 0.1) is 17.1 Å². The van der Waals surface area contributed by atoms with Crippen LogP contribution >= 0.6 is 34.5 Å². The van der Waals surface area contributed by atoms with Gasteiger partial charge in [-0.25, -0.2) is 9.78 Å². The van der Waals surface area contributed by atoms with Crippen LogP contribution in [-0.2, 0) is 16.0 Å². The molecule has 1 amide bonds. The number of thiazole rings is 1. The number of amides is 1. The maximum absolute atomic E-state index is 12.3. The van der Waals surface area contributed by atoms with Crippen LogP contribution in [0.25, 0.3) is 10.6 Å². The van der Waals surface area contributed by atoms with Crippen molar-refractivity contribution in [3.63, 3.8) is 0 Å². The number of benzene rings is 2. The van der Waals surface area contributed by atoms with Crippen LogP contribution < -0.4 is 5.32 Å². The van der Waals surface area contributed by atoms with E-state index < -0.39 is 17.9 Å². The minimum absolute atomic E-state index is 0.0294. The highest BCUT2D eigenvalue weighted by Crippen LogP contribution is 2.32. The molecule has 2 N–H and O–H groups in total. The lowest BCUT2D eigenvalue weighted by molar-refractivity contribution is -0.142. The quantitative estimate of drug-likeness (QED) is 0.610. The third-order valence-electron chi connectivity index (χ3n) is 3.74. The Morgan fingerprint density at radius 2 is 1.89 bits per heavy atom. The number of carboxylic acids is 1. The summed E-state index contributed by atoms with van der Waals surface area (Å²) in [5.74, 6) is -1.55. The number of rotatable bonds is 6. The number of hydrogen-bond donors (Lipinski definition) is 2. The van der Waals surface area contributed by atoms with E-state index in [4.69, 9.17) is 23.2 Å². The summed E-state index contributed by atoms with van der Waals surface area (Å²) >= 11 is 13.4. The van der Waals surface area contributed by atoms with E-state index in [0.717, 1.165) is 5.56 Å². The number of nitrogens with one attached hydrogen (secondary N) is 1. The molecule has 3 rings (SSSR count). The number of carbonyl (C=O) groups excluding carboxylic acids is 1. The summed E-state index contributed by atoms with van der Waals surface area (Å²) in [5.41, 5.74) is 1.77. The van der Waals surface area contributed by atoms with Crippen molar-refractivity contribution < 1.29 is 14.7 Å². The van der Waals surface area contributed by atoms with Crippen LogP contribution in [-0.4, -0.2) is 22.0 Å². The van der Waals surface area contributed by atoms with Crippen LogP contribution in [0.15, 0.2) is 53.9 Å². The van der Waals surface area contributed by atoms with E-state index in [1.54, 1.807) is 53.9 Å². The molecule has 0 saturated carbocycles. The molecule has 0 fully saturated rings. The maximum Gasteiger partial charge on any atom is 0.330 e. The smallest absolute Gasteiger partial charge is 0.330 e. The number of aliphatic carboxylic acids is 1. The lowest BCUT2D eigenvalue weighted by atomic mass is 10.1. The van der Waals surface area contributed by atoms with E-state index in [2.05, 4.69) is 10.3 Å². The monoisotopic (exact) mass is 420 g/mol. The molecule has 8 heteroatoms. The predicted molar refractivity (Wildman–Crippen MR) is 106 cm³/mol. The minimum atomic E-state index is -1.12. The molecule has 0 bridgehead atoms. The lowest BCUT2D eigenvalue weighted by Crippen LogP contribution is -2.34. The molecule has 27 heavy (non-hydrogen) atoms. The van der Waals surface area contributed by atoms with Gasteiger partial charge in [0.25, 0.3) is 0 Å². The first kappa shape index (κ1) is 19.4. The number of aromatic nitrogens is 1. The van der Waals surface area contributed by atoms with Crippen LogP contribution in [0.4, 0.5) is 0 Å². The van der Waals surface area contributed by atoms with E-state index in [9.17, 15) is 14.7 Å². The van der Waals surface area contributed by atoms with Crippen molar-refractivity contribution >= 4 is 46.4 Å². The zero-order valence-corrected chi connectivity index (χ0v) is 16.2. The second-order valence-corrected chi connectivity index (χ2v) is 7.40. The largest absolute Gasteiger partial charge is 0.479 e. The zero-order chi connectivity index (χ0) is 19.4. The molecule has 0 aliphatic carbocycles. The Labute approximate surface area is 169 Å². The number of halogens is 2. The van der Waals surface area contributed by atoms with Gasteiger partial charge in [-0.3, -0.25) is 4.79 Å². The van der Waals surface area contributed by atoms with Crippen molar-refractivity contribution in [2.24, 2.45) is 0 Å². The first-order valence-corrected chi connectivity index (χ1v) is 9.54. The Morgan fingerprint density at radius 1 is 1.15 bits per heavy atom. The molecule has 0 aliphatic rings. The molecule has 5 nitrogen and oxygen atoms in total. The fourth-order valence-corrected chi connectivity index (χ4v) is 3.90. The summed E-state index contributed by atoms with van der Waals surface area (Å²) in [4.78, 5) is 28.2. The first-order chi connectivity index (χ1) is 12.9. The fourth-order valence-electron chi connectivity index (χ4n) is 2.48. The van der Waals surface area contributed by atoms with E-state index >= 15 is 0 Å². The summed E-state index contributed by atoms with van der Waals surface area (Å²) < 4.78 is 0. The Morgan fingerprint density at radius 3 is 2.56 bits per heavy atom. The minimum Gasteiger partial charge on any atom is -0.479 e. The van der Waals surface area contributed by atoms with Gasteiger partial charge in [0, 0.05) is 16.0 Å². The van der Waals surface area contributed by atoms with E-state index in [-0.39, 0.29) is 6.42 Å². The number of carbonyl (C=O) groups is 2. The second-order valence-electron chi connectivity index (χ2n) is 5.69. The van der Waals surface area contributed by atoms with Gasteiger partial charge < -0.3 is 10.4 Å². The van der Waals surface area contributed by atoms with Gasteiger partial charge in [0.15, 0.2) is 6.04 Å². The summed E-state index contributed by atoms with van der Waals surface area (Å²) in [6.45, 7) is 0. The highest BCUT2D eigenvalue weighted by atomic mass is 35.5. The standard InChI is InChI=1S/C19H14Cl2N2O3S/c20-12-6-7-14(15(21)8-12)18-22-13(10-27-18)9-16(24)23-17(19(25)26)11-4-2-1-3-5-11/h1-8,10,17H,9H2,(H,23,24)(H,25,26)/t17-/m0/s1. The van der Waals surface area contributed by atoms with Crippen molar-refractivity contribution in [1.29, 1.82) is 0 Å². The van der Waals surface area contributed by atoms with Crippen LogP contribution in [0.1, 0.15) is 17.3 Å². The molecule has 0 saturated heterocycles. The highest BCUT2D eigenvalue weighted by molar-refractivity contribution is 7.13. The van der Waals surface area contributed by atoms with Gasteiger partial charge in [-0.15, -0.1) is 11.3 Å². The summed E-state index contributed by atoms with van der Waals surface area (Å²) in [6, 6.07) is 12.5. The number of hydrogen-bond acceptors (Lipinski definition) is 4. The van der Waals surface area contributed by atoms with Crippen LogP contribution in [0, 0.1) is 0 Å². The lowest BCUT2D eigenvalue weighted by Gasteiger charge is -2.14. The predicted octanol–water partition coefficient (Wildman–Crippen LogP) is 4.60. The van der Waals surface area contributed by atoms with Crippen LogP contribution in [0.2, 0.25) is 10.0 Å². The van der Waals surface area contributed by atoms with Crippen molar-refractivity contribution in [1.82, 2.24) is 10.3 Å². The Kier molecular flexibility index (Phi) is 6.11. The van der Waals surface area contributed by atoms with Gasteiger partial charge in [-0.2, -0.15) is 0 Å². The molecule has 0 spiro atoms. The first-order valence-electron chi connectivity index (χ1n) is 7.91. The third kappa shape index (κ3) is 4.86. The van der Waals surface area contributed by atoms with Crippen molar-refractivity contribution in [2.75, 3.05) is 0 Å². The molecule has 1 atom stereocenters. The van der Waals surface area contributed by atoms with Crippen LogP contribution in [0.5, 0.6) is 0 Å². The molecule has 1 heterocycles. The molecule has 0 radical (unpaired) electrons. The van der Waals surface area contributed by atoms with E-state index in [0.29, 0.717) is 26.3 Å². The third-order valence-corrected chi connectivity index (χ3v) is 5.21. The average molecular weight is 421 g/mol.